The molecule has 0 radical (unpaired) electrons. The van der Waals surface area contributed by atoms with Crippen LogP contribution in [0, 0.1) is 10.1 Å². The van der Waals surface area contributed by atoms with Crippen molar-refractivity contribution in [2.45, 2.75) is 17.7 Å². The number of non-ortho nitro benzene ring substituents is 1. The number of nitrogens with one attached hydrogen (secondary N) is 1. The molecule has 0 bridgehead atoms. The van der Waals surface area contributed by atoms with Crippen molar-refractivity contribution in [1.29, 1.82) is 0 Å². The molecule has 0 saturated carbocycles. The number of hydrogen-bond acceptors (Lipinski definition) is 6. The molecule has 10 heteroatoms. The summed E-state index contributed by atoms with van der Waals surface area (Å²) >= 11 is 0. The maximum atomic E-state index is 12.8. The molecule has 1 aliphatic rings. The number of benzene rings is 2. The van der Waals surface area contributed by atoms with Gasteiger partial charge in [-0.3, -0.25) is 14.9 Å². The summed E-state index contributed by atoms with van der Waals surface area (Å²) in [7, 11) is -2.24. The molecule has 1 fully saturated rings. The van der Waals surface area contributed by atoms with E-state index in [9.17, 15) is 23.3 Å². The summed E-state index contributed by atoms with van der Waals surface area (Å²) in [5.41, 5.74) is 0.263. The van der Waals surface area contributed by atoms with Crippen molar-refractivity contribution in [1.82, 2.24) is 4.31 Å². The molecule has 148 valence electrons. The second-order valence-electron chi connectivity index (χ2n) is 6.23. The van der Waals surface area contributed by atoms with Gasteiger partial charge in [0.05, 0.1) is 22.6 Å². The highest BCUT2D eigenvalue weighted by Crippen LogP contribution is 2.30. The average molecular weight is 405 g/mol. The van der Waals surface area contributed by atoms with Crippen LogP contribution in [0.15, 0.2) is 47.4 Å². The van der Waals surface area contributed by atoms with Gasteiger partial charge in [-0.2, -0.15) is 4.31 Å². The maximum Gasteiger partial charge on any atom is 0.269 e. The van der Waals surface area contributed by atoms with Crippen LogP contribution in [0.1, 0.15) is 23.2 Å². The van der Waals surface area contributed by atoms with E-state index < -0.39 is 20.9 Å². The summed E-state index contributed by atoms with van der Waals surface area (Å²) < 4.78 is 32.1. The summed E-state index contributed by atoms with van der Waals surface area (Å²) in [6.45, 7) is 0.942. The smallest absolute Gasteiger partial charge is 0.269 e. The number of nitro groups is 1. The van der Waals surface area contributed by atoms with Crippen LogP contribution in [0.3, 0.4) is 0 Å². The fourth-order valence-corrected chi connectivity index (χ4v) is 4.50. The molecule has 28 heavy (non-hydrogen) atoms. The largest absolute Gasteiger partial charge is 0.495 e. The monoisotopic (exact) mass is 405 g/mol. The van der Waals surface area contributed by atoms with Gasteiger partial charge < -0.3 is 10.1 Å². The Morgan fingerprint density at radius 2 is 1.79 bits per heavy atom. The zero-order valence-corrected chi connectivity index (χ0v) is 15.9. The molecular formula is C18H19N3O6S. The molecule has 9 nitrogen and oxygen atoms in total. The number of rotatable bonds is 6. The van der Waals surface area contributed by atoms with Crippen LogP contribution >= 0.6 is 0 Å². The lowest BCUT2D eigenvalue weighted by Gasteiger charge is -2.17. The Kier molecular flexibility index (Phi) is 5.61. The van der Waals surface area contributed by atoms with Gasteiger partial charge >= 0.3 is 0 Å². The first kappa shape index (κ1) is 19.8. The second-order valence-corrected chi connectivity index (χ2v) is 8.17. The molecule has 1 amide bonds. The van der Waals surface area contributed by atoms with Gasteiger partial charge in [0.15, 0.2) is 0 Å². The first-order valence-electron chi connectivity index (χ1n) is 8.57. The molecule has 0 aliphatic carbocycles. The molecule has 2 aromatic carbocycles. The lowest BCUT2D eigenvalue weighted by molar-refractivity contribution is -0.384. The van der Waals surface area contributed by atoms with Gasteiger partial charge in [0.1, 0.15) is 5.75 Å². The van der Waals surface area contributed by atoms with E-state index in [2.05, 4.69) is 5.32 Å². The molecule has 1 heterocycles. The first-order valence-corrected chi connectivity index (χ1v) is 10.0. The first-order chi connectivity index (χ1) is 13.3. The van der Waals surface area contributed by atoms with Gasteiger partial charge in [-0.25, -0.2) is 8.42 Å². The average Bonchev–Trinajstić information content (AvgIpc) is 3.23. The van der Waals surface area contributed by atoms with Crippen LogP contribution in [0.25, 0.3) is 0 Å². The molecule has 0 unspecified atom stereocenters. The predicted molar refractivity (Wildman–Crippen MR) is 102 cm³/mol. The van der Waals surface area contributed by atoms with Crippen LogP contribution in [0.2, 0.25) is 0 Å². The molecular weight excluding hydrogens is 386 g/mol. The minimum atomic E-state index is -3.65. The van der Waals surface area contributed by atoms with Crippen molar-refractivity contribution in [2.75, 3.05) is 25.5 Å². The minimum Gasteiger partial charge on any atom is -0.495 e. The Morgan fingerprint density at radius 1 is 1.14 bits per heavy atom. The summed E-state index contributed by atoms with van der Waals surface area (Å²) in [5.74, 6) is -0.237. The third-order valence-electron chi connectivity index (χ3n) is 4.46. The van der Waals surface area contributed by atoms with E-state index >= 15 is 0 Å². The third kappa shape index (κ3) is 3.97. The summed E-state index contributed by atoms with van der Waals surface area (Å²) in [6, 6.07) is 9.37. The number of nitro benzene ring substituents is 1. The van der Waals surface area contributed by atoms with E-state index in [0.717, 1.165) is 12.8 Å². The SMILES string of the molecule is COc1ccc(S(=O)(=O)N2CCCC2)cc1NC(=O)c1ccc([N+](=O)[O-])cc1. The standard InChI is InChI=1S/C18H19N3O6S/c1-27-17-9-8-15(28(25,26)20-10-2-3-11-20)12-16(17)19-18(22)13-4-6-14(7-5-13)21(23)24/h4-9,12H,2-3,10-11H2,1H3,(H,19,22). The van der Waals surface area contributed by atoms with Crippen LogP contribution in [-0.2, 0) is 10.0 Å². The van der Waals surface area contributed by atoms with Crippen LogP contribution in [-0.4, -0.2) is 43.8 Å². The number of hydrogen-bond donors (Lipinski definition) is 1. The fourth-order valence-electron chi connectivity index (χ4n) is 2.95. The Morgan fingerprint density at radius 3 is 2.36 bits per heavy atom. The van der Waals surface area contributed by atoms with Crippen molar-refractivity contribution in [3.63, 3.8) is 0 Å². The molecule has 1 saturated heterocycles. The number of ether oxygens (including phenoxy) is 1. The quantitative estimate of drug-likeness (QED) is 0.583. The van der Waals surface area contributed by atoms with E-state index in [4.69, 9.17) is 4.74 Å². The Balaban J connectivity index is 1.88. The van der Waals surface area contributed by atoms with Crippen LogP contribution in [0.5, 0.6) is 5.75 Å². The van der Waals surface area contributed by atoms with Gasteiger partial charge in [0.2, 0.25) is 10.0 Å². The highest BCUT2D eigenvalue weighted by atomic mass is 32.2. The lowest BCUT2D eigenvalue weighted by Crippen LogP contribution is -2.28. The Labute approximate surface area is 162 Å². The normalized spacial score (nSPS) is 14.6. The molecule has 1 aliphatic heterocycles. The fraction of sp³-hybridized carbons (Fsp3) is 0.278. The van der Waals surface area contributed by atoms with Gasteiger partial charge in [-0.15, -0.1) is 0 Å². The van der Waals surface area contributed by atoms with Gasteiger partial charge in [-0.05, 0) is 43.2 Å². The van der Waals surface area contributed by atoms with Gasteiger partial charge in [0, 0.05) is 30.8 Å². The zero-order chi connectivity index (χ0) is 20.3. The topological polar surface area (TPSA) is 119 Å². The molecule has 0 aromatic heterocycles. The summed E-state index contributed by atoms with van der Waals surface area (Å²) in [5, 5.41) is 13.3. The summed E-state index contributed by atoms with van der Waals surface area (Å²) in [4.78, 5) is 22.7. The second kappa shape index (κ2) is 7.95. The minimum absolute atomic E-state index is 0.0641. The highest BCUT2D eigenvalue weighted by Gasteiger charge is 2.28. The number of sulfonamides is 1. The zero-order valence-electron chi connectivity index (χ0n) is 15.1. The predicted octanol–water partition coefficient (Wildman–Crippen LogP) is 2.64. The number of methoxy groups -OCH3 is 1. The molecule has 1 N–H and O–H groups in total. The summed E-state index contributed by atoms with van der Waals surface area (Å²) in [6.07, 6.45) is 1.64. The molecule has 0 atom stereocenters. The number of carbonyl (C=O) groups is 1. The van der Waals surface area contributed by atoms with Gasteiger partial charge in [0.25, 0.3) is 11.6 Å². The van der Waals surface area contributed by atoms with Crippen LogP contribution < -0.4 is 10.1 Å². The van der Waals surface area contributed by atoms with Crippen molar-refractivity contribution in [3.8, 4) is 5.75 Å². The van der Waals surface area contributed by atoms with E-state index in [1.807, 2.05) is 0 Å². The van der Waals surface area contributed by atoms with E-state index in [1.54, 1.807) is 0 Å². The molecule has 0 spiro atoms. The van der Waals surface area contributed by atoms with E-state index in [0.29, 0.717) is 18.8 Å². The van der Waals surface area contributed by atoms with Crippen molar-refractivity contribution in [3.05, 3.63) is 58.1 Å². The highest BCUT2D eigenvalue weighted by molar-refractivity contribution is 7.89. The van der Waals surface area contributed by atoms with Crippen LogP contribution in [0.4, 0.5) is 11.4 Å². The number of carbonyl (C=O) groups excluding carboxylic acids is 1. The van der Waals surface area contributed by atoms with Crippen molar-refractivity contribution >= 4 is 27.3 Å². The van der Waals surface area contributed by atoms with E-state index in [-0.39, 0.29) is 21.8 Å². The number of nitrogens with zero attached hydrogens (tertiary/aromatic N) is 2. The number of amides is 1. The van der Waals surface area contributed by atoms with Crippen molar-refractivity contribution in [2.24, 2.45) is 0 Å². The Hall–Kier alpha value is -2.98. The molecule has 2 aromatic rings. The maximum absolute atomic E-state index is 12.8. The van der Waals surface area contributed by atoms with E-state index in [1.165, 1.54) is 53.9 Å². The van der Waals surface area contributed by atoms with Gasteiger partial charge in [-0.1, -0.05) is 0 Å². The third-order valence-corrected chi connectivity index (χ3v) is 6.36. The number of anilines is 1. The van der Waals surface area contributed by atoms with Crippen molar-refractivity contribution < 1.29 is 22.9 Å². The molecule has 3 rings (SSSR count). The Bertz CT molecular complexity index is 998. The lowest BCUT2D eigenvalue weighted by atomic mass is 10.2.